The quantitative estimate of drug-likeness (QED) is 0.424. The number of sulfone groups is 1. The Labute approximate surface area is 218 Å². The number of rotatable bonds is 6. The van der Waals surface area contributed by atoms with Crippen molar-refractivity contribution in [1.29, 1.82) is 5.26 Å². The van der Waals surface area contributed by atoms with Gasteiger partial charge >= 0.3 is 0 Å². The Hall–Kier alpha value is -3.29. The van der Waals surface area contributed by atoms with Crippen LogP contribution in [-0.4, -0.2) is 28.0 Å². The van der Waals surface area contributed by atoms with E-state index in [2.05, 4.69) is 37.4 Å². The molecule has 1 atom stereocenters. The number of hydrogen-bond donors (Lipinski definition) is 1. The van der Waals surface area contributed by atoms with E-state index in [1.807, 2.05) is 24.4 Å². The lowest BCUT2D eigenvalue weighted by molar-refractivity contribution is 0.506. The topological polar surface area (TPSA) is 113 Å². The van der Waals surface area contributed by atoms with Crippen LogP contribution in [0.3, 0.4) is 0 Å². The fourth-order valence-electron chi connectivity index (χ4n) is 4.58. The molecule has 10 heteroatoms. The molecule has 1 N–H and O–H groups in total. The lowest BCUT2D eigenvalue weighted by atomic mass is 9.84. The monoisotopic (exact) mass is 564 g/mol. The molecule has 0 radical (unpaired) electrons. The number of aromatic nitrogens is 4. The largest absolute Gasteiger partial charge is 0.366 e. The number of anilines is 1. The van der Waals surface area contributed by atoms with Gasteiger partial charge in [-0.25, -0.2) is 13.4 Å². The third-order valence-electron chi connectivity index (χ3n) is 6.57. The van der Waals surface area contributed by atoms with Gasteiger partial charge in [-0.05, 0) is 65.7 Å². The van der Waals surface area contributed by atoms with Crippen molar-refractivity contribution < 1.29 is 8.42 Å². The highest BCUT2D eigenvalue weighted by molar-refractivity contribution is 9.10. The molecule has 1 saturated carbocycles. The molecule has 3 aromatic heterocycles. The first-order valence-electron chi connectivity index (χ1n) is 11.8. The lowest BCUT2D eigenvalue weighted by Gasteiger charge is -2.24. The van der Waals surface area contributed by atoms with Crippen LogP contribution < -0.4 is 5.32 Å². The Bertz CT molecular complexity index is 1510. The van der Waals surface area contributed by atoms with Crippen LogP contribution in [0.1, 0.15) is 49.3 Å². The van der Waals surface area contributed by atoms with Crippen molar-refractivity contribution >= 4 is 37.2 Å². The maximum atomic E-state index is 12.9. The molecule has 184 valence electrons. The Balaban J connectivity index is 1.32. The van der Waals surface area contributed by atoms with Gasteiger partial charge in [-0.15, -0.1) is 0 Å². The second kappa shape index (κ2) is 10.4. The second-order valence-electron chi connectivity index (χ2n) is 9.04. The molecule has 2 aliphatic carbocycles. The van der Waals surface area contributed by atoms with E-state index in [1.54, 1.807) is 35.1 Å². The van der Waals surface area contributed by atoms with Gasteiger partial charge in [0.15, 0.2) is 15.5 Å². The summed E-state index contributed by atoms with van der Waals surface area (Å²) in [6.45, 7) is 0.610. The average molecular weight is 565 g/mol. The molecule has 1 unspecified atom stereocenters. The fourth-order valence-corrected chi connectivity index (χ4v) is 6.34. The zero-order valence-corrected chi connectivity index (χ0v) is 21.9. The van der Waals surface area contributed by atoms with E-state index in [0.29, 0.717) is 25.8 Å². The molecule has 0 amide bonds. The van der Waals surface area contributed by atoms with Crippen LogP contribution >= 0.6 is 15.9 Å². The minimum absolute atomic E-state index is 0.223. The van der Waals surface area contributed by atoms with Gasteiger partial charge in [0.1, 0.15) is 5.82 Å². The van der Waals surface area contributed by atoms with E-state index >= 15 is 0 Å². The summed E-state index contributed by atoms with van der Waals surface area (Å²) in [4.78, 5) is 9.34. The van der Waals surface area contributed by atoms with Crippen molar-refractivity contribution in [1.82, 2.24) is 19.6 Å². The lowest BCUT2D eigenvalue weighted by Crippen LogP contribution is -2.13. The predicted octanol–water partition coefficient (Wildman–Crippen LogP) is 5.44. The first-order valence-corrected chi connectivity index (χ1v) is 14.2. The minimum atomic E-state index is -3.51. The van der Waals surface area contributed by atoms with Gasteiger partial charge in [0.05, 0.1) is 27.6 Å². The number of nitrogens with one attached hydrogen (secondary N) is 1. The fraction of sp³-hybridized carbons (Fsp3) is 0.308. The summed E-state index contributed by atoms with van der Waals surface area (Å²) in [5, 5.41) is 18.3. The Morgan fingerprint density at radius 1 is 1.28 bits per heavy atom. The van der Waals surface area contributed by atoms with Gasteiger partial charge < -0.3 is 5.32 Å². The van der Waals surface area contributed by atoms with Crippen molar-refractivity contribution in [3.63, 3.8) is 0 Å². The van der Waals surface area contributed by atoms with E-state index in [4.69, 9.17) is 10.2 Å². The molecule has 8 nitrogen and oxygen atoms in total. The molecule has 2 aliphatic rings. The Morgan fingerprint density at radius 3 is 2.81 bits per heavy atom. The zero-order valence-electron chi connectivity index (χ0n) is 19.5. The number of hydrogen-bond acceptors (Lipinski definition) is 7. The number of pyridine rings is 1. The molecule has 0 aliphatic heterocycles. The van der Waals surface area contributed by atoms with Gasteiger partial charge in [0.25, 0.3) is 0 Å². The molecular formula is C26H25BrN6O2S. The molecule has 1 fully saturated rings. The molecule has 0 saturated heterocycles. The van der Waals surface area contributed by atoms with Crippen LogP contribution in [0.15, 0.2) is 75.4 Å². The van der Waals surface area contributed by atoms with Gasteiger partial charge in [-0.3, -0.25) is 4.98 Å². The van der Waals surface area contributed by atoms with E-state index in [1.165, 1.54) is 5.41 Å². The zero-order chi connectivity index (χ0) is 25.1. The van der Waals surface area contributed by atoms with E-state index in [-0.39, 0.29) is 16.7 Å². The summed E-state index contributed by atoms with van der Waals surface area (Å²) in [7, 11) is -3.51. The summed E-state index contributed by atoms with van der Waals surface area (Å²) in [6, 6.07) is 8.12. The van der Waals surface area contributed by atoms with Crippen LogP contribution in [0.25, 0.3) is 5.65 Å². The van der Waals surface area contributed by atoms with Crippen molar-refractivity contribution in [2.45, 2.75) is 44.6 Å². The normalized spacial score (nSPS) is 20.1. The van der Waals surface area contributed by atoms with Crippen LogP contribution in [-0.2, 0) is 16.4 Å². The molecule has 5 rings (SSSR count). The smallest absolute Gasteiger partial charge is 0.199 e. The van der Waals surface area contributed by atoms with Gasteiger partial charge in [-0.1, -0.05) is 23.8 Å². The maximum absolute atomic E-state index is 12.9. The highest BCUT2D eigenvalue weighted by Gasteiger charge is 2.24. The van der Waals surface area contributed by atoms with E-state index in [0.717, 1.165) is 45.6 Å². The van der Waals surface area contributed by atoms with Crippen LogP contribution in [0, 0.1) is 17.2 Å². The van der Waals surface area contributed by atoms with Gasteiger partial charge in [0.2, 0.25) is 0 Å². The first kappa shape index (κ1) is 24.4. The molecule has 3 heterocycles. The highest BCUT2D eigenvalue weighted by Crippen LogP contribution is 2.37. The summed E-state index contributed by atoms with van der Waals surface area (Å²) in [5.41, 5.74) is 3.72. The number of nitrogens with zero attached hydrogens (tertiary/aromatic N) is 5. The average Bonchev–Trinajstić information content (AvgIpc) is 3.29. The predicted molar refractivity (Wildman–Crippen MR) is 141 cm³/mol. The van der Waals surface area contributed by atoms with E-state index < -0.39 is 9.84 Å². The number of halogens is 1. The summed E-state index contributed by atoms with van der Waals surface area (Å²) in [5.74, 6) is 0.817. The minimum Gasteiger partial charge on any atom is -0.366 e. The summed E-state index contributed by atoms with van der Waals surface area (Å²) in [6.07, 6.45) is 13.7. The maximum Gasteiger partial charge on any atom is 0.199 e. The molecule has 0 aromatic carbocycles. The Kier molecular flexibility index (Phi) is 7.03. The number of allylic oxidation sites excluding steroid dienone is 4. The third-order valence-corrected chi connectivity index (χ3v) is 8.74. The van der Waals surface area contributed by atoms with Gasteiger partial charge in [0, 0.05) is 42.0 Å². The molecule has 0 bridgehead atoms. The van der Waals surface area contributed by atoms with Crippen molar-refractivity contribution in [3.05, 3.63) is 86.6 Å². The van der Waals surface area contributed by atoms with Crippen LogP contribution in [0.5, 0.6) is 0 Å². The SMILES string of the molecule is N#CC1C=CC(S(=O)(=O)C=C2CCC(c3cc(NCc4cccnc4)n4ncc(Br)c4n3)CC2)=CC1. The summed E-state index contributed by atoms with van der Waals surface area (Å²) >= 11 is 3.56. The third kappa shape index (κ3) is 5.27. The molecule has 0 spiro atoms. The molecule has 3 aromatic rings. The first-order chi connectivity index (χ1) is 17.4. The standard InChI is InChI=1S/C26H25BrN6O2S/c27-23-16-31-33-25(30-15-20-2-1-11-29-14-20)12-24(32-26(23)33)21-7-3-19(4-8-21)17-36(34,35)22-9-5-18(13-28)6-10-22/h1-2,5,9-12,14,16-18,21,30H,3-4,6-8,15H2. The molecular weight excluding hydrogens is 540 g/mol. The second-order valence-corrected chi connectivity index (χ2v) is 11.7. The van der Waals surface area contributed by atoms with Crippen molar-refractivity contribution in [2.24, 2.45) is 5.92 Å². The van der Waals surface area contributed by atoms with Crippen molar-refractivity contribution in [2.75, 3.05) is 5.32 Å². The number of fused-ring (bicyclic) bond motifs is 1. The molecule has 36 heavy (non-hydrogen) atoms. The Morgan fingerprint density at radius 2 is 2.11 bits per heavy atom. The van der Waals surface area contributed by atoms with E-state index in [9.17, 15) is 8.42 Å². The van der Waals surface area contributed by atoms with Crippen molar-refractivity contribution in [3.8, 4) is 6.07 Å². The van der Waals surface area contributed by atoms with Gasteiger partial charge in [-0.2, -0.15) is 14.9 Å². The number of nitriles is 1. The summed E-state index contributed by atoms with van der Waals surface area (Å²) < 4.78 is 28.3. The van der Waals surface area contributed by atoms with Crippen LogP contribution in [0.2, 0.25) is 0 Å². The highest BCUT2D eigenvalue weighted by atomic mass is 79.9. The van der Waals surface area contributed by atoms with Crippen LogP contribution in [0.4, 0.5) is 5.82 Å².